The summed E-state index contributed by atoms with van der Waals surface area (Å²) in [6.07, 6.45) is 12.1. The molecule has 1 amide bonds. The third kappa shape index (κ3) is 6.64. The van der Waals surface area contributed by atoms with Crippen LogP contribution in [0.4, 0.5) is 5.82 Å². The monoisotopic (exact) mass is 593 g/mol. The van der Waals surface area contributed by atoms with E-state index in [4.69, 9.17) is 15.5 Å². The molecule has 1 saturated heterocycles. The molecule has 1 aliphatic heterocycles. The highest BCUT2D eigenvalue weighted by atomic mass is 32.1. The molecule has 3 fully saturated rings. The Bertz CT molecular complexity index is 1400. The summed E-state index contributed by atoms with van der Waals surface area (Å²) in [5.74, 6) is 3.91. The SMILES string of the molecule is CC1(C)CC(NCCCn2ccc([S+]=O)n2)CN1c1nc(-n2ccc(OCCC(C3CC3)C3CC3)n2)ccc1C(N)=O. The molecule has 3 N–H and O–H groups in total. The molecular formula is C30H41N8O3S+. The summed E-state index contributed by atoms with van der Waals surface area (Å²) >= 11 is 0.406. The predicted octanol–water partition coefficient (Wildman–Crippen LogP) is 3.59. The number of primary amides is 1. The Morgan fingerprint density at radius 3 is 2.62 bits per heavy atom. The Morgan fingerprint density at radius 2 is 1.93 bits per heavy atom. The van der Waals surface area contributed by atoms with E-state index in [0.717, 1.165) is 50.1 Å². The van der Waals surface area contributed by atoms with Crippen molar-refractivity contribution in [2.45, 2.75) is 81.9 Å². The Kier molecular flexibility index (Phi) is 8.26. The molecule has 0 bridgehead atoms. The molecule has 3 aromatic rings. The van der Waals surface area contributed by atoms with Gasteiger partial charge in [-0.3, -0.25) is 9.48 Å². The fourth-order valence-corrected chi connectivity index (χ4v) is 6.75. The van der Waals surface area contributed by atoms with Crippen molar-refractivity contribution in [1.82, 2.24) is 29.9 Å². The number of nitrogens with zero attached hydrogens (tertiary/aromatic N) is 6. The molecule has 0 aromatic carbocycles. The van der Waals surface area contributed by atoms with E-state index in [0.29, 0.717) is 52.9 Å². The molecule has 2 saturated carbocycles. The van der Waals surface area contributed by atoms with Gasteiger partial charge in [0.1, 0.15) is 5.82 Å². The van der Waals surface area contributed by atoms with Gasteiger partial charge in [-0.25, -0.2) is 9.67 Å². The minimum atomic E-state index is -0.503. The first kappa shape index (κ1) is 28.7. The van der Waals surface area contributed by atoms with Crippen LogP contribution >= 0.6 is 0 Å². The topological polar surface area (TPSA) is 133 Å². The molecule has 3 aliphatic rings. The van der Waals surface area contributed by atoms with E-state index >= 15 is 0 Å². The predicted molar refractivity (Wildman–Crippen MR) is 160 cm³/mol. The number of pyridine rings is 1. The zero-order valence-electron chi connectivity index (χ0n) is 24.4. The molecule has 3 aromatic heterocycles. The lowest BCUT2D eigenvalue weighted by atomic mass is 9.95. The number of anilines is 1. The van der Waals surface area contributed by atoms with Gasteiger partial charge in [-0.05, 0) is 95.2 Å². The second-order valence-electron chi connectivity index (χ2n) is 12.6. The van der Waals surface area contributed by atoms with Crippen molar-refractivity contribution in [3.63, 3.8) is 0 Å². The van der Waals surface area contributed by atoms with Crippen molar-refractivity contribution >= 4 is 23.4 Å². The second-order valence-corrected chi connectivity index (χ2v) is 13.2. The number of carbonyl (C=O) groups excluding carboxylic acids is 1. The summed E-state index contributed by atoms with van der Waals surface area (Å²) in [7, 11) is 0. The molecule has 11 nitrogen and oxygen atoms in total. The van der Waals surface area contributed by atoms with Crippen molar-refractivity contribution in [2.24, 2.45) is 23.5 Å². The van der Waals surface area contributed by atoms with Gasteiger partial charge in [-0.2, -0.15) is 0 Å². The van der Waals surface area contributed by atoms with E-state index in [1.165, 1.54) is 25.7 Å². The molecule has 42 heavy (non-hydrogen) atoms. The number of ether oxygens (including phenoxy) is 1. The molecule has 4 heterocycles. The van der Waals surface area contributed by atoms with Gasteiger partial charge >= 0.3 is 16.7 Å². The molecule has 2 aliphatic carbocycles. The summed E-state index contributed by atoms with van der Waals surface area (Å²) in [5, 5.41) is 13.0. The number of aryl methyl sites for hydroxylation is 1. The lowest BCUT2D eigenvalue weighted by Gasteiger charge is -2.33. The van der Waals surface area contributed by atoms with Crippen LogP contribution < -0.4 is 20.7 Å². The smallest absolute Gasteiger partial charge is 0.477 e. The number of nitrogens with two attached hydrogens (primary N) is 1. The Morgan fingerprint density at radius 1 is 1.14 bits per heavy atom. The summed E-state index contributed by atoms with van der Waals surface area (Å²) in [6.45, 7) is 7.25. The summed E-state index contributed by atoms with van der Waals surface area (Å²) < 4.78 is 20.4. The van der Waals surface area contributed by atoms with Crippen LogP contribution in [0.5, 0.6) is 5.88 Å². The maximum atomic E-state index is 12.4. The standard InChI is InChI=1S/C30H40N8O3S/c1-30(2)18-22(32-13-3-14-36-15-11-27(35-36)42-40)19-37(30)29-24(28(31)39)8-9-25(33-29)38-16-10-26(34-38)41-17-12-23(20-4-5-20)21-6-7-21/h8-11,15-16,20-23,32H,3-7,12-14,17-19H2,1-2H3,(H-,31,39)/p+1. The largest absolute Gasteiger partial charge is 0.528 e. The third-order valence-electron chi connectivity index (χ3n) is 8.92. The van der Waals surface area contributed by atoms with Gasteiger partial charge in [0.15, 0.2) is 5.82 Å². The van der Waals surface area contributed by atoms with Gasteiger partial charge in [-0.15, -0.1) is 10.2 Å². The molecule has 0 radical (unpaired) electrons. The quantitative estimate of drug-likeness (QED) is 0.202. The van der Waals surface area contributed by atoms with Crippen molar-refractivity contribution < 1.29 is 13.7 Å². The second kappa shape index (κ2) is 12.1. The van der Waals surface area contributed by atoms with Gasteiger partial charge in [0.05, 0.1) is 12.2 Å². The average molecular weight is 594 g/mol. The number of aromatic nitrogens is 5. The zero-order chi connectivity index (χ0) is 29.3. The lowest BCUT2D eigenvalue weighted by molar-refractivity contribution is 0.100. The van der Waals surface area contributed by atoms with Crippen molar-refractivity contribution in [2.75, 3.05) is 24.6 Å². The maximum Gasteiger partial charge on any atom is 0.528 e. The minimum absolute atomic E-state index is 0.219. The van der Waals surface area contributed by atoms with Crippen LogP contribution in [0, 0.1) is 17.8 Å². The minimum Gasteiger partial charge on any atom is -0.477 e. The fourth-order valence-electron chi connectivity index (χ4n) is 6.49. The lowest BCUT2D eigenvalue weighted by Crippen LogP contribution is -2.40. The highest BCUT2D eigenvalue weighted by Gasteiger charge is 2.41. The first-order valence-electron chi connectivity index (χ1n) is 15.1. The average Bonchev–Trinajstić information content (AvgIpc) is 3.87. The van der Waals surface area contributed by atoms with Crippen LogP contribution in [0.2, 0.25) is 0 Å². The van der Waals surface area contributed by atoms with Crippen LogP contribution in [0.1, 0.15) is 69.2 Å². The molecule has 1 unspecified atom stereocenters. The van der Waals surface area contributed by atoms with Gasteiger partial charge in [0.2, 0.25) is 5.88 Å². The fraction of sp³-hybridized carbons (Fsp3) is 0.600. The molecule has 6 rings (SSSR count). The number of nitrogens with one attached hydrogen (secondary N) is 1. The first-order valence-corrected chi connectivity index (χ1v) is 15.9. The molecule has 224 valence electrons. The van der Waals surface area contributed by atoms with Crippen LogP contribution in [0.3, 0.4) is 0 Å². The number of hydrogen-bond acceptors (Lipinski definition) is 8. The van der Waals surface area contributed by atoms with E-state index < -0.39 is 5.91 Å². The van der Waals surface area contributed by atoms with Crippen LogP contribution in [-0.2, 0) is 22.4 Å². The van der Waals surface area contributed by atoms with Crippen molar-refractivity contribution in [1.29, 1.82) is 0 Å². The van der Waals surface area contributed by atoms with Crippen molar-refractivity contribution in [3.8, 4) is 11.7 Å². The number of hydrogen-bond donors (Lipinski definition) is 2. The number of rotatable bonds is 15. The Balaban J connectivity index is 1.09. The van der Waals surface area contributed by atoms with E-state index in [1.807, 2.05) is 18.5 Å². The van der Waals surface area contributed by atoms with Crippen LogP contribution in [0.15, 0.2) is 41.7 Å². The van der Waals surface area contributed by atoms with Crippen molar-refractivity contribution in [3.05, 3.63) is 42.2 Å². The summed E-state index contributed by atoms with van der Waals surface area (Å²) in [5.41, 5.74) is 5.96. The van der Waals surface area contributed by atoms with Crippen LogP contribution in [0.25, 0.3) is 5.82 Å². The zero-order valence-corrected chi connectivity index (χ0v) is 25.3. The number of amides is 1. The first-order chi connectivity index (χ1) is 20.3. The van der Waals surface area contributed by atoms with Gasteiger partial charge < -0.3 is 20.7 Å². The van der Waals surface area contributed by atoms with E-state index in [1.54, 1.807) is 27.6 Å². The molecule has 12 heteroatoms. The van der Waals surface area contributed by atoms with Crippen LogP contribution in [-0.4, -0.2) is 61.7 Å². The van der Waals surface area contributed by atoms with Gasteiger partial charge in [0.25, 0.3) is 5.91 Å². The number of carbonyl (C=O) groups is 1. The normalized spacial score (nSPS) is 19.9. The third-order valence-corrected chi connectivity index (χ3v) is 9.30. The van der Waals surface area contributed by atoms with E-state index in [2.05, 4.69) is 34.3 Å². The molecule has 0 spiro atoms. The van der Waals surface area contributed by atoms with Gasteiger partial charge in [-0.1, -0.05) is 0 Å². The Labute approximate surface area is 250 Å². The van der Waals surface area contributed by atoms with E-state index in [9.17, 15) is 9.00 Å². The summed E-state index contributed by atoms with van der Waals surface area (Å²) in [6, 6.07) is 7.35. The Hall–Kier alpha value is -3.38. The molecular weight excluding hydrogens is 552 g/mol. The maximum absolute atomic E-state index is 12.4. The summed E-state index contributed by atoms with van der Waals surface area (Å²) in [4.78, 5) is 19.5. The van der Waals surface area contributed by atoms with Gasteiger partial charge in [0, 0.05) is 53.4 Å². The van der Waals surface area contributed by atoms with E-state index in [-0.39, 0.29) is 11.6 Å². The highest BCUT2D eigenvalue weighted by Crippen LogP contribution is 2.50. The molecule has 1 atom stereocenters. The highest BCUT2D eigenvalue weighted by molar-refractivity contribution is 7.65.